The molecule has 1 saturated carbocycles. The van der Waals surface area contributed by atoms with Gasteiger partial charge in [0.2, 0.25) is 0 Å². The molecule has 3 nitrogen and oxygen atoms in total. The number of fused-ring (bicyclic) bond motifs is 1. The van der Waals surface area contributed by atoms with Crippen LogP contribution in [0.4, 0.5) is 5.69 Å². The second kappa shape index (κ2) is 6.00. The number of nitrogen functional groups attached to an aromatic ring is 1. The molecule has 0 saturated heterocycles. The van der Waals surface area contributed by atoms with E-state index in [1.165, 1.54) is 32.1 Å². The highest BCUT2D eigenvalue weighted by Gasteiger charge is 2.16. The molecule has 0 bridgehead atoms. The molecule has 106 valence electrons. The number of hydrogen-bond acceptors (Lipinski definition) is 3. The molecule has 4 heteroatoms. The average Bonchev–Trinajstić information content (AvgIpc) is 2.47. The Bertz CT molecular complexity index is 603. The van der Waals surface area contributed by atoms with Crippen molar-refractivity contribution in [1.82, 2.24) is 4.98 Å². The summed E-state index contributed by atoms with van der Waals surface area (Å²) in [6.45, 7) is 0.760. The van der Waals surface area contributed by atoms with Crippen LogP contribution in [-0.4, -0.2) is 11.6 Å². The van der Waals surface area contributed by atoms with Gasteiger partial charge in [0.05, 0.1) is 24.0 Å². The number of nitrogens with zero attached hydrogens (tertiary/aromatic N) is 1. The summed E-state index contributed by atoms with van der Waals surface area (Å²) < 4.78 is 7.07. The zero-order valence-corrected chi connectivity index (χ0v) is 13.0. The maximum Gasteiger partial charge on any atom is 0.153 e. The lowest BCUT2D eigenvalue weighted by atomic mass is 9.90. The number of anilines is 1. The van der Waals surface area contributed by atoms with E-state index >= 15 is 0 Å². The Kier molecular flexibility index (Phi) is 4.10. The van der Waals surface area contributed by atoms with Crippen molar-refractivity contribution < 1.29 is 4.74 Å². The summed E-state index contributed by atoms with van der Waals surface area (Å²) in [5, 5.41) is 0.982. The van der Waals surface area contributed by atoms with Crippen LogP contribution in [0.15, 0.2) is 28.9 Å². The van der Waals surface area contributed by atoms with E-state index in [1.54, 1.807) is 6.20 Å². The maximum atomic E-state index is 6.06. The van der Waals surface area contributed by atoms with Crippen molar-refractivity contribution >= 4 is 32.5 Å². The molecule has 0 spiro atoms. The van der Waals surface area contributed by atoms with Crippen LogP contribution in [0.5, 0.6) is 5.75 Å². The lowest BCUT2D eigenvalue weighted by Gasteiger charge is -2.22. The van der Waals surface area contributed by atoms with Crippen LogP contribution < -0.4 is 10.5 Å². The van der Waals surface area contributed by atoms with Crippen LogP contribution in [-0.2, 0) is 0 Å². The third kappa shape index (κ3) is 2.90. The summed E-state index contributed by atoms with van der Waals surface area (Å²) in [4.78, 5) is 4.35. The highest BCUT2D eigenvalue weighted by molar-refractivity contribution is 9.10. The Labute approximate surface area is 127 Å². The molecule has 20 heavy (non-hydrogen) atoms. The van der Waals surface area contributed by atoms with Gasteiger partial charge < -0.3 is 10.5 Å². The minimum Gasteiger partial charge on any atom is -0.490 e. The first-order chi connectivity index (χ1) is 9.74. The molecule has 1 fully saturated rings. The van der Waals surface area contributed by atoms with Crippen molar-refractivity contribution in [3.63, 3.8) is 0 Å². The molecule has 0 radical (unpaired) electrons. The van der Waals surface area contributed by atoms with Crippen molar-refractivity contribution in [2.24, 2.45) is 5.92 Å². The fraction of sp³-hybridized carbons (Fsp3) is 0.438. The molecule has 3 rings (SSSR count). The van der Waals surface area contributed by atoms with Crippen molar-refractivity contribution in [2.75, 3.05) is 12.3 Å². The molecule has 0 amide bonds. The minimum absolute atomic E-state index is 0.617. The van der Waals surface area contributed by atoms with Crippen LogP contribution in [0.1, 0.15) is 32.1 Å². The highest BCUT2D eigenvalue weighted by atomic mass is 79.9. The predicted molar refractivity (Wildman–Crippen MR) is 85.9 cm³/mol. The largest absolute Gasteiger partial charge is 0.490 e. The molecule has 1 aromatic heterocycles. The molecule has 2 N–H and O–H groups in total. The Hall–Kier alpha value is -1.29. The summed E-state index contributed by atoms with van der Waals surface area (Å²) >= 11 is 3.49. The Morgan fingerprint density at radius 2 is 2.05 bits per heavy atom. The fourth-order valence-corrected chi connectivity index (χ4v) is 3.23. The summed E-state index contributed by atoms with van der Waals surface area (Å²) in [6.07, 6.45) is 8.24. The third-order valence-corrected chi connectivity index (χ3v) is 4.49. The van der Waals surface area contributed by atoms with Crippen LogP contribution >= 0.6 is 15.9 Å². The number of hydrogen-bond donors (Lipinski definition) is 1. The number of pyridine rings is 1. The van der Waals surface area contributed by atoms with Gasteiger partial charge in [-0.1, -0.05) is 35.2 Å². The summed E-state index contributed by atoms with van der Waals surface area (Å²) in [6, 6.07) is 5.98. The fourth-order valence-electron chi connectivity index (χ4n) is 2.87. The quantitative estimate of drug-likeness (QED) is 0.896. The lowest BCUT2D eigenvalue weighted by molar-refractivity contribution is 0.211. The molecule has 2 aromatic rings. The first-order valence-electron chi connectivity index (χ1n) is 7.20. The van der Waals surface area contributed by atoms with Gasteiger partial charge in [-0.3, -0.25) is 4.98 Å². The van der Waals surface area contributed by atoms with Crippen molar-refractivity contribution in [1.29, 1.82) is 0 Å². The Morgan fingerprint density at radius 3 is 2.85 bits per heavy atom. The predicted octanol–water partition coefficient (Wildman–Crippen LogP) is 4.54. The normalized spacial score (nSPS) is 16.4. The number of ether oxygens (including phenoxy) is 1. The lowest BCUT2D eigenvalue weighted by Crippen LogP contribution is -2.16. The van der Waals surface area contributed by atoms with E-state index in [9.17, 15) is 0 Å². The Balaban J connectivity index is 1.85. The van der Waals surface area contributed by atoms with Crippen LogP contribution in [0.2, 0.25) is 0 Å². The van der Waals surface area contributed by atoms with Crippen LogP contribution in [0.3, 0.4) is 0 Å². The van der Waals surface area contributed by atoms with Crippen LogP contribution in [0.25, 0.3) is 10.9 Å². The SMILES string of the molecule is Nc1cnc2ccc(Br)cc2c1OCC1CCCCC1. The van der Waals surface area contributed by atoms with Gasteiger partial charge in [-0.25, -0.2) is 0 Å². The van der Waals surface area contributed by atoms with E-state index in [0.717, 1.165) is 27.7 Å². The topological polar surface area (TPSA) is 48.1 Å². The zero-order valence-electron chi connectivity index (χ0n) is 11.4. The van der Waals surface area contributed by atoms with Gasteiger partial charge in [0.1, 0.15) is 0 Å². The van der Waals surface area contributed by atoms with Gasteiger partial charge >= 0.3 is 0 Å². The number of halogens is 1. The van der Waals surface area contributed by atoms with Crippen molar-refractivity contribution in [3.05, 3.63) is 28.9 Å². The molecular formula is C16H19BrN2O. The van der Waals surface area contributed by atoms with Gasteiger partial charge in [-0.15, -0.1) is 0 Å². The average molecular weight is 335 g/mol. The second-order valence-electron chi connectivity index (χ2n) is 5.52. The van der Waals surface area contributed by atoms with Crippen molar-refractivity contribution in [2.45, 2.75) is 32.1 Å². The van der Waals surface area contributed by atoms with Crippen LogP contribution in [0, 0.1) is 5.92 Å². The van der Waals surface area contributed by atoms with E-state index < -0.39 is 0 Å². The number of nitrogens with two attached hydrogens (primary N) is 1. The van der Waals surface area contributed by atoms with E-state index in [4.69, 9.17) is 10.5 Å². The molecule has 1 aliphatic carbocycles. The smallest absolute Gasteiger partial charge is 0.153 e. The summed E-state index contributed by atoms with van der Waals surface area (Å²) in [5.74, 6) is 1.44. The molecule has 1 aromatic carbocycles. The molecule has 1 aliphatic rings. The number of aromatic nitrogens is 1. The first-order valence-corrected chi connectivity index (χ1v) is 8.00. The van der Waals surface area contributed by atoms with E-state index in [1.807, 2.05) is 18.2 Å². The number of benzene rings is 1. The summed E-state index contributed by atoms with van der Waals surface area (Å²) in [7, 11) is 0. The zero-order chi connectivity index (χ0) is 13.9. The van der Waals surface area contributed by atoms with E-state index in [2.05, 4.69) is 20.9 Å². The minimum atomic E-state index is 0.617. The van der Waals surface area contributed by atoms with Gasteiger partial charge in [0.15, 0.2) is 5.75 Å². The number of rotatable bonds is 3. The first kappa shape index (κ1) is 13.7. The standard InChI is InChI=1S/C16H19BrN2O/c17-12-6-7-15-13(8-12)16(14(18)9-19-15)20-10-11-4-2-1-3-5-11/h6-9,11H,1-5,10,18H2. The molecular weight excluding hydrogens is 316 g/mol. The second-order valence-corrected chi connectivity index (χ2v) is 6.43. The molecule has 1 heterocycles. The van der Waals surface area contributed by atoms with E-state index in [0.29, 0.717) is 11.6 Å². The maximum absolute atomic E-state index is 6.06. The van der Waals surface area contributed by atoms with Crippen molar-refractivity contribution in [3.8, 4) is 5.75 Å². The molecule has 0 aliphatic heterocycles. The van der Waals surface area contributed by atoms with E-state index in [-0.39, 0.29) is 0 Å². The Morgan fingerprint density at radius 1 is 1.25 bits per heavy atom. The van der Waals surface area contributed by atoms with Gasteiger partial charge in [-0.05, 0) is 37.0 Å². The summed E-state index contributed by atoms with van der Waals surface area (Å²) in [5.41, 5.74) is 7.58. The third-order valence-electron chi connectivity index (χ3n) is 4.00. The van der Waals surface area contributed by atoms with Gasteiger partial charge in [0, 0.05) is 9.86 Å². The van der Waals surface area contributed by atoms with Gasteiger partial charge in [-0.2, -0.15) is 0 Å². The molecule has 0 atom stereocenters. The van der Waals surface area contributed by atoms with Gasteiger partial charge in [0.25, 0.3) is 0 Å². The monoisotopic (exact) mass is 334 g/mol. The molecule has 0 unspecified atom stereocenters. The highest BCUT2D eigenvalue weighted by Crippen LogP contribution is 2.33.